The maximum Gasteiger partial charge on any atom is 0.254 e. The number of carbonyl (C=O) groups excluding carboxylic acids is 1. The van der Waals surface area contributed by atoms with Gasteiger partial charge in [-0.3, -0.25) is 4.79 Å². The molecule has 1 N–H and O–H groups in total. The van der Waals surface area contributed by atoms with E-state index < -0.39 is 0 Å². The zero-order valence-electron chi connectivity index (χ0n) is 12.1. The molecule has 0 aromatic heterocycles. The molecule has 0 saturated heterocycles. The Morgan fingerprint density at radius 2 is 2.20 bits per heavy atom. The third kappa shape index (κ3) is 3.85. The van der Waals surface area contributed by atoms with Crippen molar-refractivity contribution < 1.29 is 9.90 Å². The highest BCUT2D eigenvalue weighted by atomic mass is 16.2. The molecule has 0 unspecified atom stereocenters. The lowest BCUT2D eigenvalue weighted by Crippen LogP contribution is -2.36. The van der Waals surface area contributed by atoms with Gasteiger partial charge in [0, 0.05) is 23.7 Å². The second kappa shape index (κ2) is 6.58. The van der Waals surface area contributed by atoms with Crippen LogP contribution >= 0.6 is 0 Å². The SMILES string of the molecule is CC(C)CN(C(=O)c1cccc(C#CCO)c1)C1CC1. The van der Waals surface area contributed by atoms with Crippen molar-refractivity contribution in [3.63, 3.8) is 0 Å². The number of rotatable bonds is 4. The van der Waals surface area contributed by atoms with Gasteiger partial charge in [-0.2, -0.15) is 0 Å². The Morgan fingerprint density at radius 1 is 1.45 bits per heavy atom. The van der Waals surface area contributed by atoms with Gasteiger partial charge in [0.05, 0.1) is 0 Å². The van der Waals surface area contributed by atoms with Crippen molar-refractivity contribution in [2.45, 2.75) is 32.7 Å². The number of benzene rings is 1. The maximum absolute atomic E-state index is 12.6. The fourth-order valence-electron chi connectivity index (χ4n) is 2.21. The predicted molar refractivity (Wildman–Crippen MR) is 79.3 cm³/mol. The Labute approximate surface area is 120 Å². The smallest absolute Gasteiger partial charge is 0.254 e. The highest BCUT2D eigenvalue weighted by molar-refractivity contribution is 5.95. The van der Waals surface area contributed by atoms with E-state index in [1.807, 2.05) is 23.1 Å². The third-order valence-corrected chi connectivity index (χ3v) is 3.23. The Bertz CT molecular complexity index is 535. The molecule has 1 fully saturated rings. The highest BCUT2D eigenvalue weighted by Gasteiger charge is 2.33. The second-order valence-corrected chi connectivity index (χ2v) is 5.62. The van der Waals surface area contributed by atoms with Crippen molar-refractivity contribution in [2.24, 2.45) is 5.92 Å². The summed E-state index contributed by atoms with van der Waals surface area (Å²) in [4.78, 5) is 14.6. The normalized spacial score (nSPS) is 13.8. The topological polar surface area (TPSA) is 40.5 Å². The molecule has 1 aromatic rings. The molecule has 0 radical (unpaired) electrons. The molecule has 0 atom stereocenters. The van der Waals surface area contributed by atoms with Gasteiger partial charge in [0.25, 0.3) is 5.91 Å². The first-order chi connectivity index (χ1) is 9.61. The van der Waals surface area contributed by atoms with Crippen LogP contribution in [0.4, 0.5) is 0 Å². The average Bonchev–Trinajstić information content (AvgIpc) is 3.26. The lowest BCUT2D eigenvalue weighted by molar-refractivity contribution is 0.0722. The molecule has 1 aliphatic carbocycles. The van der Waals surface area contributed by atoms with E-state index in [0.717, 1.165) is 24.9 Å². The van der Waals surface area contributed by atoms with E-state index in [1.54, 1.807) is 6.07 Å². The fraction of sp³-hybridized carbons (Fsp3) is 0.471. The highest BCUT2D eigenvalue weighted by Crippen LogP contribution is 2.29. The summed E-state index contributed by atoms with van der Waals surface area (Å²) in [5, 5.41) is 8.73. The van der Waals surface area contributed by atoms with Crippen LogP contribution in [0.25, 0.3) is 0 Å². The van der Waals surface area contributed by atoms with Crippen LogP contribution in [0.15, 0.2) is 24.3 Å². The summed E-state index contributed by atoms with van der Waals surface area (Å²) >= 11 is 0. The van der Waals surface area contributed by atoms with Gasteiger partial charge in [-0.05, 0) is 37.0 Å². The molecule has 1 amide bonds. The average molecular weight is 271 g/mol. The number of aliphatic hydroxyl groups excluding tert-OH is 1. The van der Waals surface area contributed by atoms with Crippen molar-refractivity contribution in [1.82, 2.24) is 4.90 Å². The molecule has 0 heterocycles. The largest absolute Gasteiger partial charge is 0.384 e. The van der Waals surface area contributed by atoms with Gasteiger partial charge < -0.3 is 10.0 Å². The van der Waals surface area contributed by atoms with Crippen LogP contribution in [0.1, 0.15) is 42.6 Å². The molecule has 20 heavy (non-hydrogen) atoms. The summed E-state index contributed by atoms with van der Waals surface area (Å²) in [6.45, 7) is 4.90. The summed E-state index contributed by atoms with van der Waals surface area (Å²) in [5.74, 6) is 6.01. The number of hydrogen-bond donors (Lipinski definition) is 1. The monoisotopic (exact) mass is 271 g/mol. The first-order valence-electron chi connectivity index (χ1n) is 7.12. The van der Waals surface area contributed by atoms with E-state index in [9.17, 15) is 4.79 Å². The number of carbonyl (C=O) groups is 1. The van der Waals surface area contributed by atoms with E-state index in [1.165, 1.54) is 0 Å². The molecule has 2 rings (SSSR count). The lowest BCUT2D eigenvalue weighted by Gasteiger charge is -2.24. The molecule has 3 heteroatoms. The molecule has 0 bridgehead atoms. The number of aliphatic hydroxyl groups is 1. The van der Waals surface area contributed by atoms with Crippen molar-refractivity contribution in [1.29, 1.82) is 0 Å². The van der Waals surface area contributed by atoms with E-state index >= 15 is 0 Å². The number of amides is 1. The first kappa shape index (κ1) is 14.6. The van der Waals surface area contributed by atoms with Crippen LogP contribution in [0.2, 0.25) is 0 Å². The summed E-state index contributed by atoms with van der Waals surface area (Å²) in [7, 11) is 0. The molecule has 1 aromatic carbocycles. The fourth-order valence-corrected chi connectivity index (χ4v) is 2.21. The molecular weight excluding hydrogens is 250 g/mol. The van der Waals surface area contributed by atoms with E-state index in [2.05, 4.69) is 25.7 Å². The zero-order valence-corrected chi connectivity index (χ0v) is 12.1. The van der Waals surface area contributed by atoms with Crippen molar-refractivity contribution in [3.05, 3.63) is 35.4 Å². The zero-order chi connectivity index (χ0) is 14.5. The summed E-state index contributed by atoms with van der Waals surface area (Å²) < 4.78 is 0. The van der Waals surface area contributed by atoms with Gasteiger partial charge in [-0.1, -0.05) is 31.8 Å². The minimum atomic E-state index is -0.167. The van der Waals surface area contributed by atoms with Crippen LogP contribution in [-0.4, -0.2) is 35.1 Å². The van der Waals surface area contributed by atoms with Gasteiger partial charge >= 0.3 is 0 Å². The van der Waals surface area contributed by atoms with Gasteiger partial charge in [0.1, 0.15) is 6.61 Å². The quantitative estimate of drug-likeness (QED) is 0.854. The van der Waals surface area contributed by atoms with Gasteiger partial charge in [0.15, 0.2) is 0 Å². The first-order valence-corrected chi connectivity index (χ1v) is 7.12. The molecular formula is C17H21NO2. The molecule has 1 aliphatic rings. The Balaban J connectivity index is 2.18. The Morgan fingerprint density at radius 3 is 2.80 bits per heavy atom. The minimum absolute atomic E-state index is 0.0915. The van der Waals surface area contributed by atoms with E-state index in [4.69, 9.17) is 5.11 Å². The third-order valence-electron chi connectivity index (χ3n) is 3.23. The maximum atomic E-state index is 12.6. The van der Waals surface area contributed by atoms with E-state index in [-0.39, 0.29) is 12.5 Å². The van der Waals surface area contributed by atoms with Crippen LogP contribution in [0.3, 0.4) is 0 Å². The minimum Gasteiger partial charge on any atom is -0.384 e. The van der Waals surface area contributed by atoms with Crippen molar-refractivity contribution in [3.8, 4) is 11.8 Å². The second-order valence-electron chi connectivity index (χ2n) is 5.62. The summed E-state index contributed by atoms with van der Waals surface area (Å²) in [6, 6.07) is 7.75. The Hall–Kier alpha value is -1.79. The molecule has 0 spiro atoms. The van der Waals surface area contributed by atoms with Gasteiger partial charge in [-0.25, -0.2) is 0 Å². The van der Waals surface area contributed by atoms with E-state index in [0.29, 0.717) is 17.5 Å². The molecule has 0 aliphatic heterocycles. The number of hydrogen-bond acceptors (Lipinski definition) is 2. The predicted octanol–water partition coefficient (Wildman–Crippen LogP) is 2.29. The molecule has 3 nitrogen and oxygen atoms in total. The van der Waals surface area contributed by atoms with Gasteiger partial charge in [-0.15, -0.1) is 0 Å². The standard InChI is InChI=1S/C17H21NO2/c1-13(2)12-18(16-8-9-16)17(20)15-7-3-5-14(11-15)6-4-10-19/h3,5,7,11,13,16,19H,8-10,12H2,1-2H3. The van der Waals surface area contributed by atoms with Crippen LogP contribution in [0, 0.1) is 17.8 Å². The van der Waals surface area contributed by atoms with Crippen molar-refractivity contribution in [2.75, 3.05) is 13.2 Å². The Kier molecular flexibility index (Phi) is 4.81. The van der Waals surface area contributed by atoms with Crippen molar-refractivity contribution >= 4 is 5.91 Å². The summed E-state index contributed by atoms with van der Waals surface area (Å²) in [6.07, 6.45) is 2.23. The lowest BCUT2D eigenvalue weighted by atomic mass is 10.1. The summed E-state index contributed by atoms with van der Waals surface area (Å²) in [5.41, 5.74) is 1.45. The number of nitrogens with zero attached hydrogens (tertiary/aromatic N) is 1. The van der Waals surface area contributed by atoms with Crippen LogP contribution < -0.4 is 0 Å². The molecule has 106 valence electrons. The van der Waals surface area contributed by atoms with Crippen LogP contribution in [0.5, 0.6) is 0 Å². The van der Waals surface area contributed by atoms with Crippen LogP contribution in [-0.2, 0) is 0 Å². The molecule has 1 saturated carbocycles. The van der Waals surface area contributed by atoms with Gasteiger partial charge in [0.2, 0.25) is 0 Å².